The van der Waals surface area contributed by atoms with E-state index >= 15 is 0 Å². The van der Waals surface area contributed by atoms with Crippen LogP contribution >= 0.6 is 12.2 Å². The van der Waals surface area contributed by atoms with E-state index in [-0.39, 0.29) is 17.0 Å². The number of benzene rings is 1. The van der Waals surface area contributed by atoms with Gasteiger partial charge >= 0.3 is 11.7 Å². The molecular formula is C10H7NO4S. The van der Waals surface area contributed by atoms with Crippen molar-refractivity contribution in [1.29, 1.82) is 0 Å². The van der Waals surface area contributed by atoms with Crippen LogP contribution in [0.4, 0.5) is 5.69 Å². The van der Waals surface area contributed by atoms with E-state index in [0.29, 0.717) is 0 Å². The minimum absolute atomic E-state index is 0.0341. The lowest BCUT2D eigenvalue weighted by Crippen LogP contribution is -2.11. The maximum atomic E-state index is 11.3. The Hall–Kier alpha value is -2.08. The molecule has 82 valence electrons. The van der Waals surface area contributed by atoms with E-state index < -0.39 is 10.9 Å². The first-order valence-corrected chi connectivity index (χ1v) is 4.63. The van der Waals surface area contributed by atoms with Crippen molar-refractivity contribution < 1.29 is 14.5 Å². The third kappa shape index (κ3) is 2.71. The van der Waals surface area contributed by atoms with Gasteiger partial charge in [-0.05, 0) is 6.07 Å². The summed E-state index contributed by atoms with van der Waals surface area (Å²) in [6.07, 6.45) is 0. The first kappa shape index (κ1) is 12.0. The molecule has 0 fully saturated rings. The molecule has 1 rings (SSSR count). The highest BCUT2D eigenvalue weighted by molar-refractivity contribution is 7.79. The van der Waals surface area contributed by atoms with Crippen molar-refractivity contribution in [3.63, 3.8) is 0 Å². The number of rotatable bonds is 4. The van der Waals surface area contributed by atoms with Crippen molar-refractivity contribution >= 4 is 29.2 Å². The highest BCUT2D eigenvalue weighted by Crippen LogP contribution is 2.26. The van der Waals surface area contributed by atoms with Crippen molar-refractivity contribution in [1.82, 2.24) is 0 Å². The van der Waals surface area contributed by atoms with E-state index in [0.717, 1.165) is 5.37 Å². The molecular weight excluding hydrogens is 230 g/mol. The molecule has 0 aromatic heterocycles. The van der Waals surface area contributed by atoms with E-state index in [1.54, 1.807) is 0 Å². The van der Waals surface area contributed by atoms with Crippen LogP contribution in [0.3, 0.4) is 0 Å². The predicted octanol–water partition coefficient (Wildman–Crippen LogP) is 2.06. The van der Waals surface area contributed by atoms with Gasteiger partial charge in [0.2, 0.25) is 5.75 Å². The molecule has 0 radical (unpaired) electrons. The molecule has 0 atom stereocenters. The van der Waals surface area contributed by atoms with Crippen LogP contribution in [0.5, 0.6) is 5.75 Å². The van der Waals surface area contributed by atoms with Crippen LogP contribution in [0, 0.1) is 10.1 Å². The average molecular weight is 237 g/mol. The first-order valence-electron chi connectivity index (χ1n) is 4.16. The van der Waals surface area contributed by atoms with Crippen LogP contribution in [0.25, 0.3) is 0 Å². The molecule has 5 nitrogen and oxygen atoms in total. The molecule has 0 aliphatic carbocycles. The fraction of sp³-hybridized carbons (Fsp3) is 0. The summed E-state index contributed by atoms with van der Waals surface area (Å²) < 4.78 is 4.78. The van der Waals surface area contributed by atoms with Crippen molar-refractivity contribution in [2.45, 2.75) is 0 Å². The molecule has 0 heterocycles. The number of nitrogens with zero attached hydrogens (tertiary/aromatic N) is 1. The number of para-hydroxylation sites is 2. The number of hydrogen-bond acceptors (Lipinski definition) is 5. The van der Waals surface area contributed by atoms with Crippen LogP contribution in [0.15, 0.2) is 36.4 Å². The first-order chi connectivity index (χ1) is 7.56. The molecule has 0 N–H and O–H groups in total. The third-order valence-electron chi connectivity index (χ3n) is 1.67. The monoisotopic (exact) mass is 237 g/mol. The summed E-state index contributed by atoms with van der Waals surface area (Å²) in [5.74, 6) is -0.931. The molecule has 0 aliphatic rings. The Morgan fingerprint density at radius 1 is 1.50 bits per heavy atom. The standard InChI is InChI=1S/C10H7NO4S/c1-7(6-16)10(12)15-9-5-3-2-4-8(9)11(13)14/h2-6H,1H2. The van der Waals surface area contributed by atoms with Gasteiger partial charge in [0.05, 0.1) is 10.5 Å². The van der Waals surface area contributed by atoms with Gasteiger partial charge in [0.1, 0.15) is 0 Å². The number of carbonyl (C=O) groups excluding carboxylic acids is 1. The van der Waals surface area contributed by atoms with E-state index in [9.17, 15) is 14.9 Å². The number of nitro groups is 1. The zero-order valence-corrected chi connectivity index (χ0v) is 8.90. The molecule has 0 unspecified atom stereocenters. The topological polar surface area (TPSA) is 69.4 Å². The summed E-state index contributed by atoms with van der Waals surface area (Å²) in [6, 6.07) is 5.56. The van der Waals surface area contributed by atoms with Crippen LogP contribution in [0.1, 0.15) is 0 Å². The van der Waals surface area contributed by atoms with Gasteiger partial charge in [0.15, 0.2) is 0 Å². The second kappa shape index (κ2) is 5.13. The van der Waals surface area contributed by atoms with E-state index in [1.807, 2.05) is 0 Å². The number of hydrogen-bond donors (Lipinski definition) is 0. The summed E-state index contributed by atoms with van der Waals surface area (Å²) in [5.41, 5.74) is -0.318. The number of thiocarbonyl (C=S) groups is 1. The summed E-state index contributed by atoms with van der Waals surface area (Å²) >= 11 is 4.49. The zero-order valence-electron chi connectivity index (χ0n) is 8.08. The molecule has 1 aromatic carbocycles. The normalized spacial score (nSPS) is 9.25. The summed E-state index contributed by atoms with van der Waals surface area (Å²) in [7, 11) is 0. The molecule has 0 amide bonds. The van der Waals surface area contributed by atoms with Gasteiger partial charge in [-0.1, -0.05) is 30.9 Å². The van der Waals surface area contributed by atoms with Crippen molar-refractivity contribution in [2.24, 2.45) is 0 Å². The number of carbonyl (C=O) groups is 1. The van der Waals surface area contributed by atoms with E-state index in [4.69, 9.17) is 4.74 Å². The van der Waals surface area contributed by atoms with Crippen molar-refractivity contribution in [3.8, 4) is 5.75 Å². The summed E-state index contributed by atoms with van der Waals surface area (Å²) in [6.45, 7) is 3.34. The summed E-state index contributed by atoms with van der Waals surface area (Å²) in [5, 5.41) is 11.7. The second-order valence-electron chi connectivity index (χ2n) is 2.76. The minimum Gasteiger partial charge on any atom is -0.416 e. The fourth-order valence-electron chi connectivity index (χ4n) is 0.908. The van der Waals surface area contributed by atoms with Gasteiger partial charge in [-0.3, -0.25) is 10.1 Å². The Morgan fingerprint density at radius 3 is 2.69 bits per heavy atom. The molecule has 6 heteroatoms. The Morgan fingerprint density at radius 2 is 2.12 bits per heavy atom. The highest BCUT2D eigenvalue weighted by Gasteiger charge is 2.17. The van der Waals surface area contributed by atoms with Gasteiger partial charge in [-0.2, -0.15) is 0 Å². The molecule has 0 aliphatic heterocycles. The van der Waals surface area contributed by atoms with Crippen molar-refractivity contribution in [2.75, 3.05) is 0 Å². The maximum absolute atomic E-state index is 11.3. The average Bonchev–Trinajstić information content (AvgIpc) is 2.28. The third-order valence-corrected chi connectivity index (χ3v) is 1.95. The predicted molar refractivity (Wildman–Crippen MR) is 61.5 cm³/mol. The second-order valence-corrected chi connectivity index (χ2v) is 2.99. The lowest BCUT2D eigenvalue weighted by Gasteiger charge is -2.03. The van der Waals surface area contributed by atoms with Crippen LogP contribution < -0.4 is 4.74 Å². The molecule has 0 spiro atoms. The number of nitro benzene ring substituents is 1. The molecule has 0 saturated heterocycles. The van der Waals surface area contributed by atoms with Crippen molar-refractivity contribution in [3.05, 3.63) is 46.5 Å². The quantitative estimate of drug-likeness (QED) is 0.200. The Labute approximate surface area is 96.5 Å². The van der Waals surface area contributed by atoms with Gasteiger partial charge in [0, 0.05) is 11.4 Å². The van der Waals surface area contributed by atoms with Gasteiger partial charge in [-0.15, -0.1) is 0 Å². The Balaban J connectivity index is 2.97. The van der Waals surface area contributed by atoms with Gasteiger partial charge in [-0.25, -0.2) is 4.79 Å². The van der Waals surface area contributed by atoms with E-state index in [2.05, 4.69) is 18.8 Å². The number of esters is 1. The minimum atomic E-state index is -0.802. The lowest BCUT2D eigenvalue weighted by molar-refractivity contribution is -0.385. The van der Waals surface area contributed by atoms with Crippen LogP contribution in [0.2, 0.25) is 0 Å². The SMILES string of the molecule is C=C(C=S)C(=O)Oc1ccccc1[N+](=O)[O-]. The Bertz CT molecular complexity index is 470. The highest BCUT2D eigenvalue weighted by atomic mass is 32.1. The van der Waals surface area contributed by atoms with Crippen LogP contribution in [-0.4, -0.2) is 16.3 Å². The molecule has 1 aromatic rings. The van der Waals surface area contributed by atoms with Gasteiger partial charge < -0.3 is 4.74 Å². The smallest absolute Gasteiger partial charge is 0.344 e. The Kier molecular flexibility index (Phi) is 3.84. The molecule has 0 saturated carbocycles. The van der Waals surface area contributed by atoms with Crippen LogP contribution in [-0.2, 0) is 4.79 Å². The largest absolute Gasteiger partial charge is 0.416 e. The molecule has 0 bridgehead atoms. The van der Waals surface area contributed by atoms with Gasteiger partial charge in [0.25, 0.3) is 0 Å². The molecule has 16 heavy (non-hydrogen) atoms. The lowest BCUT2D eigenvalue weighted by atomic mass is 10.3. The fourth-order valence-corrected chi connectivity index (χ4v) is 1.00. The number of ether oxygens (including phenoxy) is 1. The maximum Gasteiger partial charge on any atom is 0.344 e. The summed E-state index contributed by atoms with van der Waals surface area (Å²) in [4.78, 5) is 21.2. The van der Waals surface area contributed by atoms with E-state index in [1.165, 1.54) is 24.3 Å². The zero-order chi connectivity index (χ0) is 12.1.